The fourth-order valence-corrected chi connectivity index (χ4v) is 5.15. The predicted octanol–water partition coefficient (Wildman–Crippen LogP) is 5.95. The zero-order valence-corrected chi connectivity index (χ0v) is 24.7. The highest BCUT2D eigenvalue weighted by molar-refractivity contribution is 5.99. The number of benzene rings is 2. The summed E-state index contributed by atoms with van der Waals surface area (Å²) in [6, 6.07) is 17.9. The van der Waals surface area contributed by atoms with Crippen LogP contribution in [0.3, 0.4) is 0 Å². The molecule has 1 unspecified atom stereocenters. The third kappa shape index (κ3) is 8.26. The van der Waals surface area contributed by atoms with Crippen molar-refractivity contribution in [3.63, 3.8) is 0 Å². The number of ether oxygens (including phenoxy) is 2. The summed E-state index contributed by atoms with van der Waals surface area (Å²) < 4.78 is 11.3. The molecule has 0 aliphatic carbocycles. The number of dihydropyridines is 1. The molecule has 0 fully saturated rings. The molecule has 0 spiro atoms. The molecule has 0 bridgehead atoms. The Morgan fingerprint density at radius 2 is 1.73 bits per heavy atom. The summed E-state index contributed by atoms with van der Waals surface area (Å²) in [5, 5.41) is 24.3. The molecule has 2 heterocycles. The number of aliphatic carboxylic acids is 1. The Morgan fingerprint density at radius 1 is 1.00 bits per heavy atom. The topological polar surface area (TPSA) is 141 Å². The number of carbonyl (C=O) groups excluding carboxylic acids is 1. The summed E-state index contributed by atoms with van der Waals surface area (Å²) in [6.07, 6.45) is 9.62. The van der Waals surface area contributed by atoms with E-state index in [4.69, 9.17) is 9.47 Å². The van der Waals surface area contributed by atoms with Crippen LogP contribution in [0.25, 0.3) is 6.08 Å². The van der Waals surface area contributed by atoms with Crippen molar-refractivity contribution in [3.8, 4) is 0 Å². The highest BCUT2D eigenvalue weighted by Crippen LogP contribution is 2.39. The number of nitrogens with one attached hydrogen (secondary N) is 1. The molecule has 0 saturated heterocycles. The first-order chi connectivity index (χ1) is 21.3. The Morgan fingerprint density at radius 3 is 2.48 bits per heavy atom. The molecule has 1 aromatic heterocycles. The number of rotatable bonds is 14. The largest absolute Gasteiger partial charge is 0.478 e. The number of hydrogen-bond acceptors (Lipinski definition) is 8. The van der Waals surface area contributed by atoms with E-state index in [0.717, 1.165) is 12.0 Å². The van der Waals surface area contributed by atoms with Crippen molar-refractivity contribution in [2.24, 2.45) is 0 Å². The van der Waals surface area contributed by atoms with Crippen molar-refractivity contribution in [2.45, 2.75) is 39.0 Å². The molecule has 3 aromatic rings. The molecule has 44 heavy (non-hydrogen) atoms. The number of carbonyl (C=O) groups is 2. The van der Waals surface area contributed by atoms with E-state index in [2.05, 4.69) is 22.4 Å². The van der Waals surface area contributed by atoms with Gasteiger partial charge in [-0.25, -0.2) is 9.59 Å². The van der Waals surface area contributed by atoms with Crippen LogP contribution in [0.1, 0.15) is 54.9 Å². The van der Waals surface area contributed by atoms with Gasteiger partial charge >= 0.3 is 11.9 Å². The SMILES string of the molecule is CC1=C(C(=O)O)C(c2cccc([N+](=O)[O-])c2)C(C(=O)OCCCCOC/C=C/c2ccccc2Cc2ccncc2)=C(C)N1. The van der Waals surface area contributed by atoms with Crippen molar-refractivity contribution in [1.29, 1.82) is 0 Å². The van der Waals surface area contributed by atoms with Crippen LogP contribution in [-0.2, 0) is 25.5 Å². The van der Waals surface area contributed by atoms with E-state index in [1.807, 2.05) is 36.4 Å². The number of esters is 1. The van der Waals surface area contributed by atoms with Crippen LogP contribution in [0.5, 0.6) is 0 Å². The number of nitro benzene ring substituents is 1. The van der Waals surface area contributed by atoms with Crippen LogP contribution in [0.4, 0.5) is 5.69 Å². The average molecular weight is 598 g/mol. The minimum absolute atomic E-state index is 0.0653. The third-order valence-electron chi connectivity index (χ3n) is 7.25. The molecule has 10 heteroatoms. The second-order valence-corrected chi connectivity index (χ2v) is 10.3. The van der Waals surface area contributed by atoms with E-state index < -0.39 is 22.8 Å². The lowest BCUT2D eigenvalue weighted by Gasteiger charge is -2.29. The van der Waals surface area contributed by atoms with Crippen molar-refractivity contribution in [1.82, 2.24) is 10.3 Å². The molecule has 1 aliphatic rings. The quantitative estimate of drug-likeness (QED) is 0.0997. The number of hydrogen-bond donors (Lipinski definition) is 2. The van der Waals surface area contributed by atoms with E-state index in [0.29, 0.717) is 43.0 Å². The summed E-state index contributed by atoms with van der Waals surface area (Å²) in [7, 11) is 0. The zero-order valence-electron chi connectivity index (χ0n) is 24.7. The van der Waals surface area contributed by atoms with Crippen molar-refractivity contribution < 1.29 is 29.1 Å². The molecule has 0 radical (unpaired) electrons. The normalized spacial score (nSPS) is 14.9. The maximum atomic E-state index is 13.2. The molecular formula is C34H35N3O7. The summed E-state index contributed by atoms with van der Waals surface area (Å²) in [5.74, 6) is -2.93. The maximum absolute atomic E-state index is 13.2. The standard InChI is InChI=1S/C34H35N3O7/c1-23-30(33(38)39)32(28-11-7-13-29(22-28)37(41)42)31(24(2)36-23)34(40)44-20-6-5-18-43-19-8-12-26-9-3-4-10-27(26)21-25-14-16-35-17-15-25/h3-4,7-17,22,32,36H,5-6,18-21H2,1-2H3,(H,38,39)/b12-8+. The number of non-ortho nitro benzene ring substituents is 1. The number of aromatic nitrogens is 1. The van der Waals surface area contributed by atoms with Crippen LogP contribution in [0.2, 0.25) is 0 Å². The van der Waals surface area contributed by atoms with Gasteiger partial charge in [0, 0.05) is 42.5 Å². The van der Waals surface area contributed by atoms with Gasteiger partial charge < -0.3 is 19.9 Å². The van der Waals surface area contributed by atoms with Gasteiger partial charge in [0.25, 0.3) is 5.69 Å². The molecule has 1 atom stereocenters. The van der Waals surface area contributed by atoms with Gasteiger partial charge in [0.2, 0.25) is 0 Å². The monoisotopic (exact) mass is 597 g/mol. The lowest BCUT2D eigenvalue weighted by Crippen LogP contribution is -2.32. The average Bonchev–Trinajstić information content (AvgIpc) is 3.00. The minimum Gasteiger partial charge on any atom is -0.478 e. The summed E-state index contributed by atoms with van der Waals surface area (Å²) in [5.41, 5.74) is 4.49. The molecule has 0 amide bonds. The zero-order chi connectivity index (χ0) is 31.5. The summed E-state index contributed by atoms with van der Waals surface area (Å²) >= 11 is 0. The first-order valence-electron chi connectivity index (χ1n) is 14.3. The van der Waals surface area contributed by atoms with Crippen LogP contribution >= 0.6 is 0 Å². The number of pyridine rings is 1. The molecule has 4 rings (SSSR count). The van der Waals surface area contributed by atoms with Crippen LogP contribution in [-0.4, -0.2) is 46.8 Å². The number of carboxylic acid groups (broad SMARTS) is 1. The molecule has 2 aromatic carbocycles. The lowest BCUT2D eigenvalue weighted by atomic mass is 9.80. The van der Waals surface area contributed by atoms with Crippen LogP contribution < -0.4 is 5.32 Å². The fraction of sp³-hybridized carbons (Fsp3) is 0.265. The predicted molar refractivity (Wildman–Crippen MR) is 166 cm³/mol. The maximum Gasteiger partial charge on any atom is 0.336 e. The van der Waals surface area contributed by atoms with Crippen molar-refractivity contribution in [2.75, 3.05) is 19.8 Å². The van der Waals surface area contributed by atoms with Gasteiger partial charge in [-0.15, -0.1) is 0 Å². The highest BCUT2D eigenvalue weighted by atomic mass is 16.6. The first kappa shape index (κ1) is 31.8. The number of nitro groups is 1. The second-order valence-electron chi connectivity index (χ2n) is 10.3. The number of nitrogens with zero attached hydrogens (tertiary/aromatic N) is 2. The van der Waals surface area contributed by atoms with Crippen LogP contribution in [0.15, 0.2) is 102 Å². The number of allylic oxidation sites excluding steroid dienone is 2. The number of unbranched alkanes of at least 4 members (excludes halogenated alkanes) is 1. The summed E-state index contributed by atoms with van der Waals surface area (Å²) in [4.78, 5) is 40.3. The molecule has 2 N–H and O–H groups in total. The lowest BCUT2D eigenvalue weighted by molar-refractivity contribution is -0.384. The van der Waals surface area contributed by atoms with Gasteiger partial charge in [-0.2, -0.15) is 0 Å². The first-order valence-corrected chi connectivity index (χ1v) is 14.3. The molecule has 0 saturated carbocycles. The second kappa shape index (κ2) is 15.4. The molecule has 10 nitrogen and oxygen atoms in total. The highest BCUT2D eigenvalue weighted by Gasteiger charge is 2.37. The third-order valence-corrected chi connectivity index (χ3v) is 7.25. The molecular weight excluding hydrogens is 562 g/mol. The Kier molecular flexibility index (Phi) is 11.1. The smallest absolute Gasteiger partial charge is 0.336 e. The van der Waals surface area contributed by atoms with Gasteiger partial charge in [0.05, 0.1) is 35.2 Å². The van der Waals surface area contributed by atoms with Crippen LogP contribution in [0, 0.1) is 10.1 Å². The van der Waals surface area contributed by atoms with E-state index in [1.54, 1.807) is 32.3 Å². The van der Waals surface area contributed by atoms with Gasteiger partial charge in [-0.3, -0.25) is 15.1 Å². The van der Waals surface area contributed by atoms with Gasteiger partial charge in [0.15, 0.2) is 0 Å². The van der Waals surface area contributed by atoms with E-state index in [1.165, 1.54) is 29.3 Å². The van der Waals surface area contributed by atoms with E-state index in [-0.39, 0.29) is 23.4 Å². The fourth-order valence-electron chi connectivity index (χ4n) is 5.15. The Labute approximate surface area is 255 Å². The van der Waals surface area contributed by atoms with Gasteiger partial charge in [-0.1, -0.05) is 48.6 Å². The van der Waals surface area contributed by atoms with Crippen molar-refractivity contribution in [3.05, 3.63) is 134 Å². The van der Waals surface area contributed by atoms with E-state index >= 15 is 0 Å². The number of carboxylic acids is 1. The molecule has 1 aliphatic heterocycles. The van der Waals surface area contributed by atoms with Gasteiger partial charge in [-0.05, 0) is 67.5 Å². The molecule has 228 valence electrons. The van der Waals surface area contributed by atoms with E-state index in [9.17, 15) is 24.8 Å². The summed E-state index contributed by atoms with van der Waals surface area (Å²) in [6.45, 7) is 4.28. The Hall–Kier alpha value is -5.09. The van der Waals surface area contributed by atoms with Gasteiger partial charge in [0.1, 0.15) is 0 Å². The van der Waals surface area contributed by atoms with Crippen molar-refractivity contribution >= 4 is 23.7 Å². The Balaban J connectivity index is 1.28. The Bertz CT molecular complexity index is 1600. The minimum atomic E-state index is -1.23.